The summed E-state index contributed by atoms with van der Waals surface area (Å²) in [6, 6.07) is 16.3. The van der Waals surface area contributed by atoms with Crippen LogP contribution in [0.1, 0.15) is 0 Å². The molecular weight excluding hydrogens is 212 g/mol. The molecule has 3 N–H and O–H groups in total. The number of aromatic nitrogens is 2. The molecular formula is C13H11N4. The summed E-state index contributed by atoms with van der Waals surface area (Å²) >= 11 is 0. The van der Waals surface area contributed by atoms with Crippen molar-refractivity contribution in [3.8, 4) is 0 Å². The summed E-state index contributed by atoms with van der Waals surface area (Å²) in [5.74, 6) is 0.669. The Labute approximate surface area is 98.7 Å². The van der Waals surface area contributed by atoms with Crippen LogP contribution in [0.4, 0.5) is 17.2 Å². The minimum absolute atomic E-state index is 0.651. The van der Waals surface area contributed by atoms with Crippen LogP contribution in [0.3, 0.4) is 0 Å². The quantitative estimate of drug-likeness (QED) is 0.701. The zero-order valence-electron chi connectivity index (χ0n) is 9.09. The van der Waals surface area contributed by atoms with E-state index in [4.69, 9.17) is 5.73 Å². The van der Waals surface area contributed by atoms with Crippen LogP contribution in [0, 0.1) is 6.07 Å². The Morgan fingerprint density at radius 1 is 1.18 bits per heavy atom. The molecule has 0 atom stereocenters. The van der Waals surface area contributed by atoms with Gasteiger partial charge in [0.05, 0.1) is 5.52 Å². The summed E-state index contributed by atoms with van der Waals surface area (Å²) in [7, 11) is 0. The van der Waals surface area contributed by atoms with Gasteiger partial charge in [-0.25, -0.2) is 4.52 Å². The van der Waals surface area contributed by atoms with Gasteiger partial charge < -0.3 is 11.1 Å². The Hall–Kier alpha value is -2.49. The maximum atomic E-state index is 6.03. The maximum absolute atomic E-state index is 6.03. The molecule has 0 aliphatic heterocycles. The second kappa shape index (κ2) is 3.83. The zero-order chi connectivity index (χ0) is 11.7. The van der Waals surface area contributed by atoms with Crippen molar-refractivity contribution in [2.45, 2.75) is 0 Å². The van der Waals surface area contributed by atoms with Crippen LogP contribution in [0.2, 0.25) is 0 Å². The van der Waals surface area contributed by atoms with Crippen LogP contribution in [0.15, 0.2) is 48.7 Å². The largest absolute Gasteiger partial charge is 0.394 e. The first-order chi connectivity index (χ1) is 8.34. The minimum atomic E-state index is 0.651. The number of nitrogens with zero attached hydrogens (tertiary/aromatic N) is 2. The monoisotopic (exact) mass is 223 g/mol. The predicted molar refractivity (Wildman–Crippen MR) is 68.2 cm³/mol. The van der Waals surface area contributed by atoms with E-state index in [0.717, 1.165) is 11.2 Å². The Morgan fingerprint density at radius 3 is 2.76 bits per heavy atom. The third kappa shape index (κ3) is 1.69. The number of nitrogen functional groups attached to an aromatic ring is 1. The van der Waals surface area contributed by atoms with Crippen LogP contribution < -0.4 is 11.1 Å². The second-order valence-electron chi connectivity index (χ2n) is 3.71. The lowest BCUT2D eigenvalue weighted by Gasteiger charge is -2.02. The Bertz CT molecular complexity index is 643. The first-order valence-electron chi connectivity index (χ1n) is 5.30. The van der Waals surface area contributed by atoms with Gasteiger partial charge >= 0.3 is 0 Å². The van der Waals surface area contributed by atoms with Crippen LogP contribution in [-0.4, -0.2) is 9.61 Å². The number of pyridine rings is 1. The highest BCUT2D eigenvalue weighted by atomic mass is 15.3. The number of hydrogen-bond donors (Lipinski definition) is 2. The van der Waals surface area contributed by atoms with Gasteiger partial charge in [-0.05, 0) is 30.3 Å². The van der Waals surface area contributed by atoms with E-state index >= 15 is 0 Å². The lowest BCUT2D eigenvalue weighted by molar-refractivity contribution is 0.965. The highest BCUT2D eigenvalue weighted by molar-refractivity contribution is 5.83. The molecule has 0 saturated heterocycles. The molecule has 0 bridgehead atoms. The van der Waals surface area contributed by atoms with E-state index in [1.165, 1.54) is 0 Å². The Morgan fingerprint density at radius 2 is 2.00 bits per heavy atom. The van der Waals surface area contributed by atoms with Gasteiger partial charge in [-0.2, -0.15) is 0 Å². The van der Waals surface area contributed by atoms with Gasteiger partial charge in [0.15, 0.2) is 5.82 Å². The summed E-state index contributed by atoms with van der Waals surface area (Å²) in [4.78, 5) is 0. The SMILES string of the molecule is Nc1c(Nc2cc[c]cc2)nn2ccccc12. The van der Waals surface area contributed by atoms with E-state index in [1.807, 2.05) is 48.7 Å². The molecule has 0 saturated carbocycles. The molecule has 0 aliphatic carbocycles. The molecule has 1 aromatic carbocycles. The number of rotatable bonds is 2. The fourth-order valence-corrected chi connectivity index (χ4v) is 1.72. The summed E-state index contributed by atoms with van der Waals surface area (Å²) in [5, 5.41) is 7.56. The molecule has 3 rings (SSSR count). The highest BCUT2D eigenvalue weighted by Crippen LogP contribution is 2.25. The molecule has 4 heteroatoms. The number of benzene rings is 1. The number of fused-ring (bicyclic) bond motifs is 1. The lowest BCUT2D eigenvalue weighted by Crippen LogP contribution is -1.94. The van der Waals surface area contributed by atoms with Crippen LogP contribution in [0.5, 0.6) is 0 Å². The van der Waals surface area contributed by atoms with Crippen LogP contribution in [-0.2, 0) is 0 Å². The smallest absolute Gasteiger partial charge is 0.176 e. The molecule has 1 radical (unpaired) electrons. The molecule has 4 nitrogen and oxygen atoms in total. The molecule has 0 unspecified atom stereocenters. The third-order valence-electron chi connectivity index (χ3n) is 2.56. The molecule has 2 heterocycles. The van der Waals surface area contributed by atoms with Gasteiger partial charge in [0.25, 0.3) is 0 Å². The summed E-state index contributed by atoms with van der Waals surface area (Å²) in [6.07, 6.45) is 1.87. The average Bonchev–Trinajstić information content (AvgIpc) is 2.68. The number of hydrogen-bond acceptors (Lipinski definition) is 3. The van der Waals surface area contributed by atoms with Crippen molar-refractivity contribution in [3.63, 3.8) is 0 Å². The zero-order valence-corrected chi connectivity index (χ0v) is 9.09. The fourth-order valence-electron chi connectivity index (χ4n) is 1.72. The molecule has 3 aromatic rings. The Balaban J connectivity index is 2.04. The van der Waals surface area contributed by atoms with Crippen molar-refractivity contribution in [3.05, 3.63) is 54.7 Å². The van der Waals surface area contributed by atoms with Crippen molar-refractivity contribution in [1.82, 2.24) is 9.61 Å². The number of nitrogens with two attached hydrogens (primary N) is 1. The topological polar surface area (TPSA) is 55.3 Å². The maximum Gasteiger partial charge on any atom is 0.176 e. The van der Waals surface area contributed by atoms with Crippen LogP contribution >= 0.6 is 0 Å². The third-order valence-corrected chi connectivity index (χ3v) is 2.56. The molecule has 83 valence electrons. The van der Waals surface area contributed by atoms with Crippen molar-refractivity contribution >= 4 is 22.7 Å². The molecule has 0 spiro atoms. The second-order valence-corrected chi connectivity index (χ2v) is 3.71. The molecule has 0 aliphatic rings. The molecule has 0 fully saturated rings. The van der Waals surface area contributed by atoms with E-state index < -0.39 is 0 Å². The normalized spacial score (nSPS) is 10.6. The minimum Gasteiger partial charge on any atom is -0.394 e. The number of anilines is 3. The standard InChI is InChI=1S/C13H11N4/c14-12-11-8-4-5-9-17(11)16-13(12)15-10-6-2-1-3-7-10/h2-9H,14H2,(H,15,16). The summed E-state index contributed by atoms with van der Waals surface area (Å²) < 4.78 is 1.76. The fraction of sp³-hybridized carbons (Fsp3) is 0. The van der Waals surface area contributed by atoms with E-state index in [-0.39, 0.29) is 0 Å². The first kappa shape index (κ1) is 9.72. The van der Waals surface area contributed by atoms with Crippen molar-refractivity contribution in [2.24, 2.45) is 0 Å². The number of nitrogens with one attached hydrogen (secondary N) is 1. The lowest BCUT2D eigenvalue weighted by atomic mass is 10.3. The first-order valence-corrected chi connectivity index (χ1v) is 5.30. The van der Waals surface area contributed by atoms with Gasteiger partial charge in [-0.15, -0.1) is 5.10 Å². The molecule has 2 aromatic heterocycles. The van der Waals surface area contributed by atoms with Gasteiger partial charge in [-0.1, -0.05) is 18.2 Å². The van der Waals surface area contributed by atoms with Gasteiger partial charge in [-0.3, -0.25) is 0 Å². The van der Waals surface area contributed by atoms with Crippen molar-refractivity contribution in [1.29, 1.82) is 0 Å². The average molecular weight is 223 g/mol. The Kier molecular flexibility index (Phi) is 2.19. The van der Waals surface area contributed by atoms with Gasteiger partial charge in [0.1, 0.15) is 5.69 Å². The van der Waals surface area contributed by atoms with Crippen molar-refractivity contribution in [2.75, 3.05) is 11.1 Å². The predicted octanol–water partition coefficient (Wildman–Crippen LogP) is 2.46. The van der Waals surface area contributed by atoms with E-state index in [1.54, 1.807) is 4.52 Å². The van der Waals surface area contributed by atoms with Gasteiger partial charge in [0.2, 0.25) is 0 Å². The molecule has 17 heavy (non-hydrogen) atoms. The highest BCUT2D eigenvalue weighted by Gasteiger charge is 2.08. The van der Waals surface area contributed by atoms with Crippen LogP contribution in [0.25, 0.3) is 5.52 Å². The van der Waals surface area contributed by atoms with E-state index in [2.05, 4.69) is 16.5 Å². The van der Waals surface area contributed by atoms with Crippen molar-refractivity contribution < 1.29 is 0 Å². The van der Waals surface area contributed by atoms with E-state index in [9.17, 15) is 0 Å². The summed E-state index contributed by atoms with van der Waals surface area (Å²) in [5.41, 5.74) is 8.53. The van der Waals surface area contributed by atoms with Gasteiger partial charge in [0, 0.05) is 11.9 Å². The molecule has 0 amide bonds. The summed E-state index contributed by atoms with van der Waals surface area (Å²) in [6.45, 7) is 0. The van der Waals surface area contributed by atoms with E-state index in [0.29, 0.717) is 11.5 Å².